The molecule has 28 heavy (non-hydrogen) atoms. The van der Waals surface area contributed by atoms with Crippen molar-refractivity contribution >= 4 is 28.4 Å². The predicted molar refractivity (Wildman–Crippen MR) is 102 cm³/mol. The molecule has 1 aromatic carbocycles. The average molecular weight is 393 g/mol. The number of aromatic nitrogens is 6. The number of imidazole rings is 1. The summed E-state index contributed by atoms with van der Waals surface area (Å²) in [5.74, 6) is 1.17. The minimum Gasteiger partial charge on any atom is -0.510 e. The van der Waals surface area contributed by atoms with Crippen LogP contribution >= 0.6 is 11.8 Å². The van der Waals surface area contributed by atoms with Crippen LogP contribution in [0.1, 0.15) is 11.6 Å². The van der Waals surface area contributed by atoms with Crippen LogP contribution in [0, 0.1) is 11.3 Å². The van der Waals surface area contributed by atoms with Crippen molar-refractivity contribution in [3.8, 4) is 6.07 Å². The van der Waals surface area contributed by atoms with Gasteiger partial charge in [0.2, 0.25) is 5.16 Å². The number of aliphatic hydroxyl groups excluding tert-OH is 1. The van der Waals surface area contributed by atoms with Gasteiger partial charge in [0.1, 0.15) is 29.7 Å². The van der Waals surface area contributed by atoms with Crippen molar-refractivity contribution in [2.45, 2.75) is 11.7 Å². The fourth-order valence-electron chi connectivity index (χ4n) is 2.77. The number of hydrogen-bond donors (Lipinski definition) is 1. The maximum atomic E-state index is 10.5. The maximum Gasteiger partial charge on any atom is 0.210 e. The van der Waals surface area contributed by atoms with E-state index in [1.54, 1.807) is 21.6 Å². The monoisotopic (exact) mass is 393 g/mol. The van der Waals surface area contributed by atoms with E-state index in [0.717, 1.165) is 11.0 Å². The number of rotatable bonds is 6. The molecule has 0 fully saturated rings. The maximum absolute atomic E-state index is 10.5. The quantitative estimate of drug-likeness (QED) is 0.302. The third-order valence-corrected chi connectivity index (χ3v) is 5.10. The van der Waals surface area contributed by atoms with Crippen molar-refractivity contribution in [3.63, 3.8) is 0 Å². The number of fused-ring (bicyclic) bond motifs is 1. The number of furan rings is 1. The van der Waals surface area contributed by atoms with Gasteiger partial charge >= 0.3 is 0 Å². The van der Waals surface area contributed by atoms with Crippen molar-refractivity contribution < 1.29 is 9.52 Å². The lowest BCUT2D eigenvalue weighted by atomic mass is 10.2. The van der Waals surface area contributed by atoms with E-state index >= 15 is 0 Å². The van der Waals surface area contributed by atoms with Gasteiger partial charge in [-0.3, -0.25) is 0 Å². The minimum absolute atomic E-state index is 0.0848. The number of nitriles is 1. The molecule has 0 saturated heterocycles. The van der Waals surface area contributed by atoms with Gasteiger partial charge < -0.3 is 14.1 Å². The zero-order valence-corrected chi connectivity index (χ0v) is 15.7. The molecule has 0 aliphatic rings. The Morgan fingerprint density at radius 1 is 1.29 bits per heavy atom. The molecule has 0 aliphatic heterocycles. The highest BCUT2D eigenvalue weighted by Crippen LogP contribution is 2.25. The predicted octanol–water partition coefficient (Wildman–Crippen LogP) is 2.79. The summed E-state index contributed by atoms with van der Waals surface area (Å²) in [6.45, 7) is 0.378. The molecule has 0 aliphatic carbocycles. The summed E-state index contributed by atoms with van der Waals surface area (Å²) >= 11 is 1.22. The number of thioether (sulfide) groups is 1. The summed E-state index contributed by atoms with van der Waals surface area (Å²) in [7, 11) is 1.81. The first kappa shape index (κ1) is 17.8. The Hall–Kier alpha value is -3.58. The second kappa shape index (κ2) is 7.58. The van der Waals surface area contributed by atoms with Crippen LogP contribution in [0.2, 0.25) is 0 Å². The average Bonchev–Trinajstić information content (AvgIpc) is 3.44. The largest absolute Gasteiger partial charge is 0.510 e. The van der Waals surface area contributed by atoms with Crippen LogP contribution in [0.3, 0.4) is 0 Å². The van der Waals surface area contributed by atoms with Crippen molar-refractivity contribution in [1.29, 1.82) is 5.26 Å². The first-order chi connectivity index (χ1) is 13.7. The number of aryl methyl sites for hydroxylation is 1. The molecule has 10 heteroatoms. The first-order valence-electron chi connectivity index (χ1n) is 8.32. The van der Waals surface area contributed by atoms with E-state index in [4.69, 9.17) is 4.42 Å². The summed E-state index contributed by atoms with van der Waals surface area (Å²) in [5, 5.41) is 32.2. The normalized spacial score (nSPS) is 12.1. The topological polar surface area (TPSA) is 119 Å². The van der Waals surface area contributed by atoms with Crippen molar-refractivity contribution in [2.75, 3.05) is 5.75 Å². The van der Waals surface area contributed by atoms with Gasteiger partial charge in [-0.1, -0.05) is 23.9 Å². The molecular formula is C18H15N7O2S. The minimum atomic E-state index is -0.0848. The van der Waals surface area contributed by atoms with Gasteiger partial charge in [-0.2, -0.15) is 5.26 Å². The smallest absolute Gasteiger partial charge is 0.210 e. The number of aliphatic hydroxyl groups is 1. The van der Waals surface area contributed by atoms with Crippen LogP contribution in [0.15, 0.2) is 58.0 Å². The lowest BCUT2D eigenvalue weighted by Crippen LogP contribution is -2.04. The Kier molecular flexibility index (Phi) is 4.82. The van der Waals surface area contributed by atoms with Gasteiger partial charge in [-0.25, -0.2) is 9.67 Å². The van der Waals surface area contributed by atoms with E-state index in [2.05, 4.69) is 26.6 Å². The molecule has 0 spiro atoms. The molecule has 4 aromatic rings. The van der Waals surface area contributed by atoms with Crippen molar-refractivity contribution in [3.05, 3.63) is 60.0 Å². The lowest BCUT2D eigenvalue weighted by Gasteiger charge is -2.05. The van der Waals surface area contributed by atoms with Gasteiger partial charge in [0.25, 0.3) is 0 Å². The summed E-state index contributed by atoms with van der Waals surface area (Å²) in [5.41, 5.74) is 1.76. The Bertz CT molecular complexity index is 1180. The highest BCUT2D eigenvalue weighted by molar-refractivity contribution is 7.99. The Balaban J connectivity index is 1.57. The molecule has 9 nitrogen and oxygen atoms in total. The van der Waals surface area contributed by atoms with Gasteiger partial charge in [0.05, 0.1) is 23.0 Å². The molecule has 0 radical (unpaired) electrons. The number of nitrogens with zero attached hydrogens (tertiary/aromatic N) is 7. The second-order valence-electron chi connectivity index (χ2n) is 5.90. The fourth-order valence-corrected chi connectivity index (χ4v) is 3.52. The SMILES string of the molecule is Cn1c(/C(C#N)=C(\O)CSc2nnnn2Cc2ccco2)nc2ccccc21. The summed E-state index contributed by atoms with van der Waals surface area (Å²) in [6.07, 6.45) is 1.58. The summed E-state index contributed by atoms with van der Waals surface area (Å²) in [4.78, 5) is 4.47. The summed E-state index contributed by atoms with van der Waals surface area (Å²) < 4.78 is 8.66. The van der Waals surface area contributed by atoms with E-state index in [1.165, 1.54) is 11.8 Å². The van der Waals surface area contributed by atoms with Crippen molar-refractivity contribution in [1.82, 2.24) is 29.8 Å². The molecule has 140 valence electrons. The molecule has 4 rings (SSSR count). The molecule has 3 heterocycles. The zero-order chi connectivity index (χ0) is 19.5. The van der Waals surface area contributed by atoms with Gasteiger partial charge in [0.15, 0.2) is 5.82 Å². The van der Waals surface area contributed by atoms with Crippen LogP contribution in [-0.2, 0) is 13.6 Å². The van der Waals surface area contributed by atoms with Crippen LogP contribution in [0.25, 0.3) is 16.6 Å². The molecule has 0 amide bonds. The molecule has 0 unspecified atom stereocenters. The Morgan fingerprint density at radius 3 is 2.89 bits per heavy atom. The highest BCUT2D eigenvalue weighted by atomic mass is 32.2. The van der Waals surface area contributed by atoms with Crippen LogP contribution < -0.4 is 0 Å². The molecular weight excluding hydrogens is 378 g/mol. The Morgan fingerprint density at radius 2 is 2.14 bits per heavy atom. The number of tetrazole rings is 1. The number of hydrogen-bond acceptors (Lipinski definition) is 8. The standard InChI is InChI=1S/C18H15N7O2S/c1-24-15-7-3-2-6-14(15)20-17(24)13(9-19)16(26)11-28-18-21-22-23-25(18)10-12-5-4-8-27-12/h2-8,26H,10-11H2,1H3/b16-13-. The number of para-hydroxylation sites is 2. The number of allylic oxidation sites excluding steroid dienone is 1. The van der Waals surface area contributed by atoms with Gasteiger partial charge in [0, 0.05) is 7.05 Å². The molecule has 3 aromatic heterocycles. The van der Waals surface area contributed by atoms with E-state index in [1.807, 2.05) is 37.4 Å². The van der Waals surface area contributed by atoms with Crippen molar-refractivity contribution in [2.24, 2.45) is 7.05 Å². The second-order valence-corrected chi connectivity index (χ2v) is 6.85. The zero-order valence-electron chi connectivity index (χ0n) is 14.8. The Labute approximate surface area is 163 Å². The molecule has 0 bridgehead atoms. The molecule has 0 atom stereocenters. The first-order valence-corrected chi connectivity index (χ1v) is 9.31. The molecule has 0 saturated carbocycles. The van der Waals surface area contributed by atoms with E-state index in [-0.39, 0.29) is 17.1 Å². The van der Waals surface area contributed by atoms with Gasteiger partial charge in [-0.05, 0) is 34.7 Å². The van der Waals surface area contributed by atoms with E-state index < -0.39 is 0 Å². The van der Waals surface area contributed by atoms with E-state index in [9.17, 15) is 10.4 Å². The third kappa shape index (κ3) is 3.35. The van der Waals surface area contributed by atoms with Crippen LogP contribution in [0.4, 0.5) is 0 Å². The summed E-state index contributed by atoms with van der Waals surface area (Å²) in [6, 6.07) is 13.2. The van der Waals surface area contributed by atoms with Crippen LogP contribution in [0.5, 0.6) is 0 Å². The lowest BCUT2D eigenvalue weighted by molar-refractivity contribution is 0.420. The molecule has 1 N–H and O–H groups in total. The highest BCUT2D eigenvalue weighted by Gasteiger charge is 2.18. The van der Waals surface area contributed by atoms with Crippen LogP contribution in [-0.4, -0.2) is 40.6 Å². The number of benzene rings is 1. The third-order valence-electron chi connectivity index (χ3n) is 4.13. The van der Waals surface area contributed by atoms with Gasteiger partial charge in [-0.15, -0.1) is 5.10 Å². The van der Waals surface area contributed by atoms with E-state index in [0.29, 0.717) is 23.3 Å². The fraction of sp³-hybridized carbons (Fsp3) is 0.167.